The number of sulfonamides is 1. The van der Waals surface area contributed by atoms with E-state index in [2.05, 4.69) is 10.2 Å². The Labute approximate surface area is 108 Å². The molecule has 0 aliphatic rings. The van der Waals surface area contributed by atoms with Crippen LogP contribution in [0.3, 0.4) is 0 Å². The van der Waals surface area contributed by atoms with Crippen LogP contribution in [-0.2, 0) is 10.0 Å². The van der Waals surface area contributed by atoms with Crippen LogP contribution in [0.25, 0.3) is 0 Å². The van der Waals surface area contributed by atoms with Crippen LogP contribution in [0.2, 0.25) is 0 Å². The summed E-state index contributed by atoms with van der Waals surface area (Å²) < 4.78 is 27.4. The molecule has 2 rings (SSSR count). The average molecular weight is 286 g/mol. The number of hydrogen-bond donors (Lipinski definition) is 2. The molecule has 1 heterocycles. The van der Waals surface area contributed by atoms with Crippen molar-refractivity contribution in [3.05, 3.63) is 24.1 Å². The first kappa shape index (κ1) is 12.9. The summed E-state index contributed by atoms with van der Waals surface area (Å²) in [6.45, 7) is 1.67. The van der Waals surface area contributed by atoms with Gasteiger partial charge in [-0.25, -0.2) is 13.6 Å². The minimum atomic E-state index is -3.75. The lowest BCUT2D eigenvalue weighted by atomic mass is 10.3. The van der Waals surface area contributed by atoms with Gasteiger partial charge in [0, 0.05) is 17.5 Å². The zero-order valence-electron chi connectivity index (χ0n) is 9.32. The molecule has 0 unspecified atom stereocenters. The second-order valence-corrected chi connectivity index (χ2v) is 5.99. The van der Waals surface area contributed by atoms with E-state index in [0.29, 0.717) is 16.0 Å². The van der Waals surface area contributed by atoms with Gasteiger partial charge in [-0.15, -0.1) is 10.2 Å². The van der Waals surface area contributed by atoms with E-state index in [4.69, 9.17) is 15.3 Å². The molecule has 1 aromatic heterocycles. The second-order valence-electron chi connectivity index (χ2n) is 3.43. The van der Waals surface area contributed by atoms with Gasteiger partial charge >= 0.3 is 0 Å². The maximum absolute atomic E-state index is 11.1. The van der Waals surface area contributed by atoms with Crippen molar-refractivity contribution in [3.8, 4) is 0 Å². The third-order valence-corrected chi connectivity index (χ3v) is 3.86. The topological polar surface area (TPSA) is 125 Å². The van der Waals surface area contributed by atoms with E-state index in [-0.39, 0.29) is 10.6 Å². The molecule has 1 aromatic carbocycles. The van der Waals surface area contributed by atoms with E-state index in [1.807, 2.05) is 0 Å². The van der Waals surface area contributed by atoms with Gasteiger partial charge in [-0.3, -0.25) is 0 Å². The fraction of sp³-hybridized carbons (Fsp3) is 0.111. The molecular formula is C9H10N4O3S2. The van der Waals surface area contributed by atoms with Crippen LogP contribution >= 0.6 is 11.8 Å². The molecule has 0 aliphatic heterocycles. The van der Waals surface area contributed by atoms with Gasteiger partial charge < -0.3 is 10.2 Å². The quantitative estimate of drug-likeness (QED) is 0.798. The molecule has 0 spiro atoms. The molecule has 0 fully saturated rings. The highest BCUT2D eigenvalue weighted by molar-refractivity contribution is 7.99. The highest BCUT2D eigenvalue weighted by Gasteiger charge is 2.12. The van der Waals surface area contributed by atoms with E-state index < -0.39 is 10.0 Å². The Morgan fingerprint density at radius 1 is 1.33 bits per heavy atom. The minimum Gasteiger partial charge on any atom is -0.416 e. The van der Waals surface area contributed by atoms with Crippen LogP contribution in [0, 0.1) is 6.92 Å². The van der Waals surface area contributed by atoms with E-state index in [1.165, 1.54) is 12.1 Å². The number of benzene rings is 1. The summed E-state index contributed by atoms with van der Waals surface area (Å²) >= 11 is 1.15. The Morgan fingerprint density at radius 3 is 2.56 bits per heavy atom. The maximum Gasteiger partial charge on any atom is 0.281 e. The Morgan fingerprint density at radius 2 is 2.06 bits per heavy atom. The molecule has 0 saturated carbocycles. The first-order valence-electron chi connectivity index (χ1n) is 4.76. The molecule has 0 atom stereocenters. The van der Waals surface area contributed by atoms with Crippen molar-refractivity contribution in [3.63, 3.8) is 0 Å². The smallest absolute Gasteiger partial charge is 0.281 e. The third kappa shape index (κ3) is 2.81. The highest BCUT2D eigenvalue weighted by atomic mass is 32.2. The van der Waals surface area contributed by atoms with Gasteiger partial charge in [-0.05, 0) is 30.0 Å². The summed E-state index contributed by atoms with van der Waals surface area (Å²) in [5.41, 5.74) is 6.02. The number of nitrogen functional groups attached to an aromatic ring is 1. The highest BCUT2D eigenvalue weighted by Crippen LogP contribution is 2.32. The van der Waals surface area contributed by atoms with Gasteiger partial charge in [0.1, 0.15) is 0 Å². The van der Waals surface area contributed by atoms with Crippen molar-refractivity contribution in [2.24, 2.45) is 5.14 Å². The molecule has 0 aliphatic carbocycles. The van der Waals surface area contributed by atoms with Crippen LogP contribution in [0.5, 0.6) is 0 Å². The second kappa shape index (κ2) is 4.59. The number of nitrogens with two attached hydrogens (primary N) is 2. The Kier molecular flexibility index (Phi) is 3.28. The van der Waals surface area contributed by atoms with Crippen LogP contribution in [0.4, 0.5) is 5.69 Å². The predicted molar refractivity (Wildman–Crippen MR) is 65.4 cm³/mol. The molecule has 2 aromatic rings. The molecule has 4 N–H and O–H groups in total. The molecule has 7 nitrogen and oxygen atoms in total. The number of primary sulfonamides is 1. The van der Waals surface area contributed by atoms with E-state index in [1.54, 1.807) is 13.0 Å². The number of hydrogen-bond acceptors (Lipinski definition) is 7. The largest absolute Gasteiger partial charge is 0.416 e. The van der Waals surface area contributed by atoms with Crippen molar-refractivity contribution in [1.29, 1.82) is 0 Å². The lowest BCUT2D eigenvalue weighted by molar-refractivity contribution is 0.429. The zero-order valence-corrected chi connectivity index (χ0v) is 11.0. The van der Waals surface area contributed by atoms with E-state index >= 15 is 0 Å². The first-order chi connectivity index (χ1) is 8.36. The molecular weight excluding hydrogens is 276 g/mol. The van der Waals surface area contributed by atoms with Crippen LogP contribution in [0.1, 0.15) is 5.89 Å². The molecule has 9 heteroatoms. The summed E-state index contributed by atoms with van der Waals surface area (Å²) in [7, 11) is -3.75. The molecule has 18 heavy (non-hydrogen) atoms. The normalized spacial score (nSPS) is 11.7. The Balaban J connectivity index is 2.31. The molecule has 0 saturated heterocycles. The summed E-state index contributed by atoms with van der Waals surface area (Å²) in [5, 5.41) is 12.8. The summed E-state index contributed by atoms with van der Waals surface area (Å²) in [6.07, 6.45) is 0. The van der Waals surface area contributed by atoms with Crippen LogP contribution in [-0.4, -0.2) is 18.6 Å². The van der Waals surface area contributed by atoms with Gasteiger partial charge in [0.05, 0.1) is 4.90 Å². The Hall–Kier alpha value is -1.58. The molecule has 96 valence electrons. The zero-order chi connectivity index (χ0) is 13.3. The summed E-state index contributed by atoms with van der Waals surface area (Å²) in [5.74, 6) is 0.442. The van der Waals surface area contributed by atoms with Crippen LogP contribution in [0.15, 0.2) is 37.6 Å². The fourth-order valence-electron chi connectivity index (χ4n) is 1.21. The SMILES string of the molecule is Cc1nnc(Sc2ccc(S(N)(=O)=O)cc2N)o1. The fourth-order valence-corrected chi connectivity index (χ4v) is 2.50. The van der Waals surface area contributed by atoms with E-state index in [0.717, 1.165) is 11.8 Å². The number of aryl methyl sites for hydroxylation is 1. The van der Waals surface area contributed by atoms with Gasteiger partial charge in [0.15, 0.2) is 0 Å². The summed E-state index contributed by atoms with van der Waals surface area (Å²) in [6, 6.07) is 4.21. The minimum absolute atomic E-state index is 0.0361. The van der Waals surface area contributed by atoms with Crippen molar-refractivity contribution in [2.45, 2.75) is 21.9 Å². The molecule has 0 bridgehead atoms. The maximum atomic E-state index is 11.1. The lowest BCUT2D eigenvalue weighted by Crippen LogP contribution is -2.12. The van der Waals surface area contributed by atoms with Crippen molar-refractivity contribution >= 4 is 27.5 Å². The predicted octanol–water partition coefficient (Wildman–Crippen LogP) is 0.759. The lowest BCUT2D eigenvalue weighted by Gasteiger charge is -2.04. The standard InChI is InChI=1S/C9H10N4O3S2/c1-5-12-13-9(16-5)17-8-3-2-6(4-7(8)10)18(11,14)15/h2-4H,10H2,1H3,(H2,11,14,15). The number of aromatic nitrogens is 2. The number of anilines is 1. The average Bonchev–Trinajstić information content (AvgIpc) is 2.65. The first-order valence-corrected chi connectivity index (χ1v) is 7.13. The van der Waals surface area contributed by atoms with Crippen LogP contribution < -0.4 is 10.9 Å². The number of rotatable bonds is 3. The van der Waals surface area contributed by atoms with Crippen molar-refractivity contribution in [1.82, 2.24) is 10.2 Å². The summed E-state index contributed by atoms with van der Waals surface area (Å²) in [4.78, 5) is 0.581. The Bertz CT molecular complexity index is 681. The van der Waals surface area contributed by atoms with Gasteiger partial charge in [0.25, 0.3) is 5.22 Å². The molecule has 0 amide bonds. The monoisotopic (exact) mass is 286 g/mol. The third-order valence-electron chi connectivity index (χ3n) is 2.01. The van der Waals surface area contributed by atoms with Gasteiger partial charge in [-0.1, -0.05) is 0 Å². The molecule has 0 radical (unpaired) electrons. The van der Waals surface area contributed by atoms with E-state index in [9.17, 15) is 8.42 Å². The van der Waals surface area contributed by atoms with Crippen molar-refractivity contribution < 1.29 is 12.8 Å². The number of nitrogens with zero attached hydrogens (tertiary/aromatic N) is 2. The van der Waals surface area contributed by atoms with Gasteiger partial charge in [-0.2, -0.15) is 0 Å². The van der Waals surface area contributed by atoms with Crippen molar-refractivity contribution in [2.75, 3.05) is 5.73 Å². The van der Waals surface area contributed by atoms with Gasteiger partial charge in [0.2, 0.25) is 15.9 Å².